The van der Waals surface area contributed by atoms with E-state index in [9.17, 15) is 4.79 Å². The van der Waals surface area contributed by atoms with Crippen molar-refractivity contribution in [2.75, 3.05) is 5.32 Å². The average molecular weight is 297 g/mol. The van der Waals surface area contributed by atoms with Gasteiger partial charge in [-0.25, -0.2) is 4.79 Å². The van der Waals surface area contributed by atoms with Crippen molar-refractivity contribution in [2.45, 2.75) is 0 Å². The molecule has 0 bridgehead atoms. The van der Waals surface area contributed by atoms with Crippen LogP contribution < -0.4 is 15.8 Å². The van der Waals surface area contributed by atoms with Crippen LogP contribution in [0, 0.1) is 0 Å². The molecule has 2 aromatic rings. The lowest BCUT2D eigenvalue weighted by Gasteiger charge is -2.08. The van der Waals surface area contributed by atoms with Gasteiger partial charge < -0.3 is 15.8 Å². The van der Waals surface area contributed by atoms with Gasteiger partial charge in [-0.2, -0.15) is 0 Å². The molecule has 98 valence electrons. The summed E-state index contributed by atoms with van der Waals surface area (Å²) in [6.07, 6.45) is 0. The second kappa shape index (κ2) is 5.82. The van der Waals surface area contributed by atoms with E-state index in [4.69, 9.17) is 33.7 Å². The molecule has 3 N–H and O–H groups in total. The minimum absolute atomic E-state index is 0.423. The van der Waals surface area contributed by atoms with Gasteiger partial charge >= 0.3 is 6.03 Å². The van der Waals surface area contributed by atoms with E-state index in [0.717, 1.165) is 0 Å². The van der Waals surface area contributed by atoms with E-state index in [2.05, 4.69) is 5.32 Å². The number of hydrogen-bond acceptors (Lipinski definition) is 2. The Kier molecular flexibility index (Phi) is 4.14. The highest BCUT2D eigenvalue weighted by Crippen LogP contribution is 2.31. The molecule has 0 saturated heterocycles. The van der Waals surface area contributed by atoms with E-state index in [-0.39, 0.29) is 0 Å². The van der Waals surface area contributed by atoms with Gasteiger partial charge in [-0.3, -0.25) is 0 Å². The van der Waals surface area contributed by atoms with Crippen molar-refractivity contribution < 1.29 is 9.53 Å². The molecule has 0 heterocycles. The van der Waals surface area contributed by atoms with Crippen LogP contribution in [0.15, 0.2) is 42.5 Å². The lowest BCUT2D eigenvalue weighted by molar-refractivity contribution is 0.259. The second-order valence-electron chi connectivity index (χ2n) is 3.69. The molecule has 0 saturated carbocycles. The maximum atomic E-state index is 10.7. The molecule has 2 amide bonds. The van der Waals surface area contributed by atoms with Crippen molar-refractivity contribution in [2.24, 2.45) is 5.73 Å². The number of anilines is 1. The summed E-state index contributed by atoms with van der Waals surface area (Å²) in [4.78, 5) is 10.7. The number of halogens is 2. The lowest BCUT2D eigenvalue weighted by Crippen LogP contribution is -2.19. The van der Waals surface area contributed by atoms with Gasteiger partial charge in [-0.15, -0.1) is 0 Å². The first kappa shape index (κ1) is 13.5. The monoisotopic (exact) mass is 296 g/mol. The molecular weight excluding hydrogens is 287 g/mol. The highest BCUT2D eigenvalue weighted by Gasteiger charge is 2.04. The number of ether oxygens (including phenoxy) is 1. The van der Waals surface area contributed by atoms with E-state index in [1.54, 1.807) is 42.5 Å². The van der Waals surface area contributed by atoms with Crippen LogP contribution in [0.3, 0.4) is 0 Å². The van der Waals surface area contributed by atoms with Crippen LogP contribution in [-0.2, 0) is 0 Å². The largest absolute Gasteiger partial charge is 0.456 e. The molecule has 6 heteroatoms. The fourth-order valence-corrected chi connectivity index (χ4v) is 1.88. The number of carbonyl (C=O) groups is 1. The SMILES string of the molecule is NC(=O)Nc1ccc(Oc2ccc(Cl)cc2Cl)cc1. The fraction of sp³-hybridized carbons (Fsp3) is 0. The molecule has 0 radical (unpaired) electrons. The van der Waals surface area contributed by atoms with Crippen LogP contribution in [0.25, 0.3) is 0 Å². The minimum atomic E-state index is -0.616. The Morgan fingerprint density at radius 1 is 1.11 bits per heavy atom. The third kappa shape index (κ3) is 3.77. The molecule has 0 unspecified atom stereocenters. The van der Waals surface area contributed by atoms with Crippen molar-refractivity contribution >= 4 is 34.9 Å². The summed E-state index contributed by atoms with van der Waals surface area (Å²) in [5.74, 6) is 1.08. The predicted octanol–water partition coefficient (Wildman–Crippen LogP) is 4.28. The van der Waals surface area contributed by atoms with Gasteiger partial charge in [-0.05, 0) is 42.5 Å². The van der Waals surface area contributed by atoms with Crippen LogP contribution in [0.1, 0.15) is 0 Å². The zero-order valence-electron chi connectivity index (χ0n) is 9.69. The lowest BCUT2D eigenvalue weighted by atomic mass is 10.3. The standard InChI is InChI=1S/C13H10Cl2N2O2/c14-8-1-6-12(11(15)7-8)19-10-4-2-9(3-5-10)17-13(16)18/h1-7H,(H3,16,17,18). The number of nitrogens with two attached hydrogens (primary N) is 1. The number of amides is 2. The molecule has 0 fully saturated rings. The third-order valence-electron chi connectivity index (χ3n) is 2.24. The second-order valence-corrected chi connectivity index (χ2v) is 4.53. The number of benzene rings is 2. The fourth-order valence-electron chi connectivity index (χ4n) is 1.43. The zero-order chi connectivity index (χ0) is 13.8. The maximum absolute atomic E-state index is 10.7. The van der Waals surface area contributed by atoms with Crippen molar-refractivity contribution in [1.29, 1.82) is 0 Å². The topological polar surface area (TPSA) is 64.4 Å². The summed E-state index contributed by atoms with van der Waals surface area (Å²) < 4.78 is 5.59. The van der Waals surface area contributed by atoms with Crippen LogP contribution in [-0.4, -0.2) is 6.03 Å². The van der Waals surface area contributed by atoms with Crippen LogP contribution in [0.4, 0.5) is 10.5 Å². The first-order valence-electron chi connectivity index (χ1n) is 5.34. The van der Waals surface area contributed by atoms with E-state index in [0.29, 0.717) is 27.2 Å². The number of urea groups is 1. The van der Waals surface area contributed by atoms with E-state index >= 15 is 0 Å². The zero-order valence-corrected chi connectivity index (χ0v) is 11.2. The normalized spacial score (nSPS) is 10.0. The first-order valence-corrected chi connectivity index (χ1v) is 6.09. The quantitative estimate of drug-likeness (QED) is 0.888. The molecule has 0 aliphatic heterocycles. The van der Waals surface area contributed by atoms with Crippen molar-refractivity contribution in [3.63, 3.8) is 0 Å². The number of nitrogens with one attached hydrogen (secondary N) is 1. The Hall–Kier alpha value is -1.91. The van der Waals surface area contributed by atoms with Gasteiger partial charge in [-0.1, -0.05) is 23.2 Å². The third-order valence-corrected chi connectivity index (χ3v) is 2.77. The van der Waals surface area contributed by atoms with Crippen molar-refractivity contribution in [1.82, 2.24) is 0 Å². The molecule has 19 heavy (non-hydrogen) atoms. The average Bonchev–Trinajstić information content (AvgIpc) is 2.34. The minimum Gasteiger partial charge on any atom is -0.456 e. The van der Waals surface area contributed by atoms with Crippen molar-refractivity contribution in [3.8, 4) is 11.5 Å². The number of hydrogen-bond donors (Lipinski definition) is 2. The summed E-state index contributed by atoms with van der Waals surface area (Å²) >= 11 is 11.8. The number of carbonyl (C=O) groups excluding carboxylic acids is 1. The van der Waals surface area contributed by atoms with Crippen LogP contribution in [0.2, 0.25) is 10.0 Å². The van der Waals surface area contributed by atoms with Crippen LogP contribution in [0.5, 0.6) is 11.5 Å². The Morgan fingerprint density at radius 2 is 1.79 bits per heavy atom. The van der Waals surface area contributed by atoms with Gasteiger partial charge in [0.25, 0.3) is 0 Å². The van der Waals surface area contributed by atoms with Crippen molar-refractivity contribution in [3.05, 3.63) is 52.5 Å². The van der Waals surface area contributed by atoms with Gasteiger partial charge in [0, 0.05) is 10.7 Å². The molecule has 0 aliphatic carbocycles. The van der Waals surface area contributed by atoms with Gasteiger partial charge in [0.1, 0.15) is 11.5 Å². The predicted molar refractivity (Wildman–Crippen MR) is 76.2 cm³/mol. The summed E-state index contributed by atoms with van der Waals surface area (Å²) in [5, 5.41) is 3.42. The molecule has 0 spiro atoms. The van der Waals surface area contributed by atoms with E-state index in [1.165, 1.54) is 0 Å². The molecule has 4 nitrogen and oxygen atoms in total. The highest BCUT2D eigenvalue weighted by atomic mass is 35.5. The smallest absolute Gasteiger partial charge is 0.316 e. The van der Waals surface area contributed by atoms with Crippen LogP contribution >= 0.6 is 23.2 Å². The summed E-state index contributed by atoms with van der Waals surface area (Å²) in [6, 6.07) is 11.1. The molecule has 2 aromatic carbocycles. The molecular formula is C13H10Cl2N2O2. The number of primary amides is 1. The van der Waals surface area contributed by atoms with E-state index in [1.807, 2.05) is 0 Å². The summed E-state index contributed by atoms with van der Waals surface area (Å²) in [7, 11) is 0. The Balaban J connectivity index is 2.13. The number of rotatable bonds is 3. The first-order chi connectivity index (χ1) is 9.04. The molecule has 0 aromatic heterocycles. The highest BCUT2D eigenvalue weighted by molar-refractivity contribution is 6.35. The van der Waals surface area contributed by atoms with Gasteiger partial charge in [0.05, 0.1) is 5.02 Å². The van der Waals surface area contributed by atoms with Gasteiger partial charge in [0.2, 0.25) is 0 Å². The van der Waals surface area contributed by atoms with E-state index < -0.39 is 6.03 Å². The molecule has 0 atom stereocenters. The molecule has 2 rings (SSSR count). The summed E-state index contributed by atoms with van der Waals surface area (Å²) in [6.45, 7) is 0. The maximum Gasteiger partial charge on any atom is 0.316 e. The van der Waals surface area contributed by atoms with Gasteiger partial charge in [0.15, 0.2) is 0 Å². The summed E-state index contributed by atoms with van der Waals surface area (Å²) in [5.41, 5.74) is 5.59. The Morgan fingerprint density at radius 3 is 2.37 bits per heavy atom. The Bertz CT molecular complexity index is 600. The molecule has 0 aliphatic rings. The Labute approximate surface area is 120 Å².